The monoisotopic (exact) mass is 508 g/mol. The van der Waals surface area contributed by atoms with Gasteiger partial charge in [-0.2, -0.15) is 0 Å². The van der Waals surface area contributed by atoms with E-state index in [0.717, 1.165) is 36.2 Å². The van der Waals surface area contributed by atoms with E-state index in [4.69, 9.17) is 9.47 Å². The first-order valence-corrected chi connectivity index (χ1v) is 13.0. The minimum Gasteiger partial charge on any atom is -0.497 e. The standard InChI is InChI=1S/C33H33FN2O2/c1-37-28-17-16-27(31(34)22-28)23-36(20-9-21-38-33-15-8-14-32-29(33)18-19-35-32)24-30(25-10-4-2-5-11-25)26-12-6-3-7-13-26/h2-8,10-19,22,30,35H,9,20-21,23-24H2,1H3. The Morgan fingerprint density at radius 1 is 0.842 bits per heavy atom. The number of aromatic amines is 1. The van der Waals surface area contributed by atoms with E-state index in [1.165, 1.54) is 17.2 Å². The number of rotatable bonds is 12. The number of benzene rings is 4. The summed E-state index contributed by atoms with van der Waals surface area (Å²) in [6, 6.07) is 34.3. The molecule has 0 amide bonds. The van der Waals surface area contributed by atoms with Gasteiger partial charge in [-0.1, -0.05) is 72.8 Å². The lowest BCUT2D eigenvalue weighted by Gasteiger charge is -2.29. The van der Waals surface area contributed by atoms with Crippen LogP contribution in [0.25, 0.3) is 10.9 Å². The highest BCUT2D eigenvalue weighted by molar-refractivity contribution is 5.85. The van der Waals surface area contributed by atoms with Crippen molar-refractivity contribution in [1.29, 1.82) is 0 Å². The van der Waals surface area contributed by atoms with E-state index in [1.807, 2.05) is 54.7 Å². The molecule has 0 saturated heterocycles. The molecule has 0 atom stereocenters. The van der Waals surface area contributed by atoms with Crippen LogP contribution in [0, 0.1) is 5.82 Å². The zero-order chi connectivity index (χ0) is 26.2. The van der Waals surface area contributed by atoms with Gasteiger partial charge in [0, 0.05) is 54.3 Å². The van der Waals surface area contributed by atoms with E-state index < -0.39 is 0 Å². The third-order valence-electron chi connectivity index (χ3n) is 6.93. The van der Waals surface area contributed by atoms with Crippen molar-refractivity contribution in [2.45, 2.75) is 18.9 Å². The molecule has 0 spiro atoms. The van der Waals surface area contributed by atoms with Gasteiger partial charge >= 0.3 is 0 Å². The largest absolute Gasteiger partial charge is 0.497 e. The zero-order valence-corrected chi connectivity index (χ0v) is 21.6. The van der Waals surface area contributed by atoms with Crippen molar-refractivity contribution >= 4 is 10.9 Å². The molecule has 4 nitrogen and oxygen atoms in total. The van der Waals surface area contributed by atoms with Gasteiger partial charge in [-0.05, 0) is 41.8 Å². The van der Waals surface area contributed by atoms with Gasteiger partial charge in [0.25, 0.3) is 0 Å². The molecule has 0 aliphatic carbocycles. The molecule has 1 aromatic heterocycles. The molecule has 5 aromatic rings. The number of halogens is 1. The zero-order valence-electron chi connectivity index (χ0n) is 21.6. The highest BCUT2D eigenvalue weighted by atomic mass is 19.1. The molecule has 4 aromatic carbocycles. The predicted molar refractivity (Wildman–Crippen MR) is 151 cm³/mol. The third-order valence-corrected chi connectivity index (χ3v) is 6.93. The average Bonchev–Trinajstić information content (AvgIpc) is 3.45. The molecular formula is C33H33FN2O2. The van der Waals surface area contributed by atoms with Crippen LogP contribution in [-0.4, -0.2) is 36.7 Å². The first-order valence-electron chi connectivity index (χ1n) is 13.0. The van der Waals surface area contributed by atoms with E-state index in [-0.39, 0.29) is 11.7 Å². The SMILES string of the molecule is COc1ccc(CN(CCCOc2cccc3[nH]ccc23)CC(c2ccccc2)c2ccccc2)c(F)c1. The number of nitrogens with one attached hydrogen (secondary N) is 1. The van der Waals surface area contributed by atoms with Crippen molar-refractivity contribution in [3.63, 3.8) is 0 Å². The third kappa shape index (κ3) is 6.24. The molecule has 0 saturated carbocycles. The maximum atomic E-state index is 15.0. The van der Waals surface area contributed by atoms with Gasteiger partial charge in [-0.25, -0.2) is 4.39 Å². The van der Waals surface area contributed by atoms with E-state index in [0.29, 0.717) is 24.5 Å². The Morgan fingerprint density at radius 2 is 1.58 bits per heavy atom. The van der Waals surface area contributed by atoms with Crippen LogP contribution in [0.2, 0.25) is 0 Å². The number of nitrogens with zero attached hydrogens (tertiary/aromatic N) is 1. The summed E-state index contributed by atoms with van der Waals surface area (Å²) in [6.45, 7) is 2.60. The molecule has 1 heterocycles. The molecule has 0 aliphatic heterocycles. The Hall–Kier alpha value is -4.09. The second kappa shape index (κ2) is 12.4. The van der Waals surface area contributed by atoms with Crippen LogP contribution in [0.5, 0.6) is 11.5 Å². The molecule has 0 radical (unpaired) electrons. The number of aromatic nitrogens is 1. The molecule has 5 heteroatoms. The van der Waals surface area contributed by atoms with E-state index in [2.05, 4.69) is 58.4 Å². The molecule has 38 heavy (non-hydrogen) atoms. The number of ether oxygens (including phenoxy) is 2. The Morgan fingerprint density at radius 3 is 2.26 bits per heavy atom. The normalized spacial score (nSPS) is 11.4. The smallest absolute Gasteiger partial charge is 0.131 e. The second-order valence-corrected chi connectivity index (χ2v) is 9.46. The first-order chi connectivity index (χ1) is 18.7. The van der Waals surface area contributed by atoms with Crippen molar-refractivity contribution in [3.8, 4) is 11.5 Å². The van der Waals surface area contributed by atoms with Crippen LogP contribution < -0.4 is 9.47 Å². The predicted octanol–water partition coefficient (Wildman–Crippen LogP) is 7.42. The summed E-state index contributed by atoms with van der Waals surface area (Å²) < 4.78 is 26.4. The van der Waals surface area contributed by atoms with Gasteiger partial charge in [0.1, 0.15) is 17.3 Å². The maximum Gasteiger partial charge on any atom is 0.131 e. The van der Waals surface area contributed by atoms with Crippen molar-refractivity contribution < 1.29 is 13.9 Å². The lowest BCUT2D eigenvalue weighted by Crippen LogP contribution is -2.31. The fourth-order valence-electron chi connectivity index (χ4n) is 4.94. The van der Waals surface area contributed by atoms with Crippen molar-refractivity contribution in [3.05, 3.63) is 132 Å². The minimum absolute atomic E-state index is 0.160. The van der Waals surface area contributed by atoms with Gasteiger partial charge in [-0.3, -0.25) is 4.90 Å². The Bertz CT molecular complexity index is 1400. The number of hydrogen-bond donors (Lipinski definition) is 1. The Kier molecular flexibility index (Phi) is 8.36. The molecular weight excluding hydrogens is 475 g/mol. The quantitative estimate of drug-likeness (QED) is 0.178. The fraction of sp³-hybridized carbons (Fsp3) is 0.212. The summed E-state index contributed by atoms with van der Waals surface area (Å²) in [5.74, 6) is 1.31. The summed E-state index contributed by atoms with van der Waals surface area (Å²) >= 11 is 0. The topological polar surface area (TPSA) is 37.5 Å². The van der Waals surface area contributed by atoms with Crippen LogP contribution in [0.15, 0.2) is 109 Å². The number of methoxy groups -OCH3 is 1. The Labute approximate surface area is 223 Å². The van der Waals surface area contributed by atoms with Crippen LogP contribution in [0.3, 0.4) is 0 Å². The van der Waals surface area contributed by atoms with Crippen molar-refractivity contribution in [1.82, 2.24) is 9.88 Å². The lowest BCUT2D eigenvalue weighted by molar-refractivity contribution is 0.221. The maximum absolute atomic E-state index is 15.0. The van der Waals surface area contributed by atoms with Gasteiger partial charge in [0.05, 0.1) is 13.7 Å². The molecule has 0 aliphatic rings. The molecule has 5 rings (SSSR count). The molecule has 1 N–H and O–H groups in total. The van der Waals surface area contributed by atoms with Crippen molar-refractivity contribution in [2.24, 2.45) is 0 Å². The second-order valence-electron chi connectivity index (χ2n) is 9.46. The summed E-state index contributed by atoms with van der Waals surface area (Å²) in [5.41, 5.74) is 4.21. The summed E-state index contributed by atoms with van der Waals surface area (Å²) in [7, 11) is 1.55. The summed E-state index contributed by atoms with van der Waals surface area (Å²) in [6.07, 6.45) is 2.74. The average molecular weight is 509 g/mol. The van der Waals surface area contributed by atoms with Crippen LogP contribution in [-0.2, 0) is 6.54 Å². The number of H-pyrrole nitrogens is 1. The number of hydrogen-bond acceptors (Lipinski definition) is 3. The van der Waals surface area contributed by atoms with E-state index >= 15 is 0 Å². The molecule has 0 bridgehead atoms. The molecule has 0 fully saturated rings. The summed E-state index contributed by atoms with van der Waals surface area (Å²) in [5, 5.41) is 1.08. The highest BCUT2D eigenvalue weighted by Gasteiger charge is 2.20. The van der Waals surface area contributed by atoms with E-state index in [9.17, 15) is 4.39 Å². The first kappa shape index (κ1) is 25.6. The Balaban J connectivity index is 1.34. The van der Waals surface area contributed by atoms with Crippen LogP contribution >= 0.6 is 0 Å². The lowest BCUT2D eigenvalue weighted by atomic mass is 9.90. The van der Waals surface area contributed by atoms with E-state index in [1.54, 1.807) is 7.11 Å². The van der Waals surface area contributed by atoms with Gasteiger partial charge in [0.15, 0.2) is 0 Å². The fourth-order valence-corrected chi connectivity index (χ4v) is 4.94. The van der Waals surface area contributed by atoms with Gasteiger partial charge in [0.2, 0.25) is 0 Å². The van der Waals surface area contributed by atoms with Gasteiger partial charge < -0.3 is 14.5 Å². The number of fused-ring (bicyclic) bond motifs is 1. The summed E-state index contributed by atoms with van der Waals surface area (Å²) in [4.78, 5) is 5.56. The van der Waals surface area contributed by atoms with Crippen LogP contribution in [0.4, 0.5) is 4.39 Å². The molecule has 0 unspecified atom stereocenters. The van der Waals surface area contributed by atoms with Gasteiger partial charge in [-0.15, -0.1) is 0 Å². The molecule has 194 valence electrons. The van der Waals surface area contributed by atoms with Crippen molar-refractivity contribution in [2.75, 3.05) is 26.8 Å². The van der Waals surface area contributed by atoms with Crippen LogP contribution in [0.1, 0.15) is 29.0 Å². The minimum atomic E-state index is -0.249. The highest BCUT2D eigenvalue weighted by Crippen LogP contribution is 2.28.